The Hall–Kier alpha value is -5.13. The second kappa shape index (κ2) is 10.5. The smallest absolute Gasteiger partial charge is 0.337 e. The Balaban J connectivity index is 1.47. The van der Waals surface area contributed by atoms with Crippen LogP contribution >= 0.6 is 0 Å². The number of nitrogens with zero attached hydrogens (tertiary/aromatic N) is 2. The van der Waals surface area contributed by atoms with Crippen molar-refractivity contribution in [1.29, 1.82) is 0 Å². The summed E-state index contributed by atoms with van der Waals surface area (Å²) < 4.78 is 14.9. The van der Waals surface area contributed by atoms with E-state index in [9.17, 15) is 33.6 Å². The molecule has 12 nitrogen and oxygen atoms in total. The van der Waals surface area contributed by atoms with E-state index in [2.05, 4.69) is 0 Å². The Morgan fingerprint density at radius 1 is 0.667 bits per heavy atom. The number of anilines is 2. The Bertz CT molecular complexity index is 1620. The van der Waals surface area contributed by atoms with Crippen LogP contribution in [-0.2, 0) is 38.2 Å². The van der Waals surface area contributed by atoms with E-state index in [1.165, 1.54) is 62.8 Å². The summed E-state index contributed by atoms with van der Waals surface area (Å²) in [7, 11) is 2.47. The predicted molar refractivity (Wildman–Crippen MR) is 155 cm³/mol. The summed E-state index contributed by atoms with van der Waals surface area (Å²) in [5.41, 5.74) is -0.145. The van der Waals surface area contributed by atoms with Gasteiger partial charge in [0.15, 0.2) is 0 Å². The van der Waals surface area contributed by atoms with E-state index in [1.54, 1.807) is 20.8 Å². The maximum atomic E-state index is 14.3. The maximum Gasteiger partial charge on any atom is 0.337 e. The number of benzene rings is 2. The van der Waals surface area contributed by atoms with Gasteiger partial charge in [0, 0.05) is 16.9 Å². The topological polar surface area (TPSA) is 154 Å². The van der Waals surface area contributed by atoms with E-state index >= 15 is 0 Å². The molecule has 0 spiro atoms. The summed E-state index contributed by atoms with van der Waals surface area (Å²) in [5, 5.41) is 0. The molecule has 3 fully saturated rings. The molecule has 45 heavy (non-hydrogen) atoms. The Kier molecular flexibility index (Phi) is 6.98. The number of rotatable bonds is 6. The van der Waals surface area contributed by atoms with Crippen molar-refractivity contribution in [2.45, 2.75) is 20.8 Å². The molecule has 4 amide bonds. The van der Waals surface area contributed by atoms with Gasteiger partial charge in [0.2, 0.25) is 23.6 Å². The van der Waals surface area contributed by atoms with E-state index in [0.29, 0.717) is 5.57 Å². The van der Waals surface area contributed by atoms with Gasteiger partial charge in [0.25, 0.3) is 0 Å². The average molecular weight is 615 g/mol. The van der Waals surface area contributed by atoms with Gasteiger partial charge in [-0.15, -0.1) is 0 Å². The van der Waals surface area contributed by atoms with Crippen molar-refractivity contribution in [3.8, 4) is 0 Å². The lowest BCUT2D eigenvalue weighted by atomic mass is 9.43. The van der Waals surface area contributed by atoms with Gasteiger partial charge in [-0.1, -0.05) is 12.5 Å². The van der Waals surface area contributed by atoms with Crippen molar-refractivity contribution in [3.05, 3.63) is 70.8 Å². The van der Waals surface area contributed by atoms with Crippen LogP contribution in [0.15, 0.2) is 59.7 Å². The molecule has 12 heteroatoms. The van der Waals surface area contributed by atoms with Crippen molar-refractivity contribution in [2.24, 2.45) is 35.0 Å². The quantitative estimate of drug-likeness (QED) is 0.270. The molecule has 2 bridgehead atoms. The lowest BCUT2D eigenvalue weighted by molar-refractivity contribution is -0.155. The highest BCUT2D eigenvalue weighted by Gasteiger charge is 2.77. The largest absolute Gasteiger partial charge is 0.465 e. The third-order valence-corrected chi connectivity index (χ3v) is 9.77. The van der Waals surface area contributed by atoms with Gasteiger partial charge in [-0.2, -0.15) is 0 Å². The first kappa shape index (κ1) is 29.9. The average Bonchev–Trinajstić information content (AvgIpc) is 3.46. The number of amides is 4. The van der Waals surface area contributed by atoms with Crippen LogP contribution < -0.4 is 9.80 Å². The van der Waals surface area contributed by atoms with E-state index in [0.717, 1.165) is 9.80 Å². The molecule has 3 aliphatic carbocycles. The van der Waals surface area contributed by atoms with E-state index in [1.807, 2.05) is 0 Å². The zero-order valence-electron chi connectivity index (χ0n) is 25.2. The lowest BCUT2D eigenvalue weighted by Crippen LogP contribution is -2.61. The van der Waals surface area contributed by atoms with Gasteiger partial charge in [-0.05, 0) is 62.4 Å². The van der Waals surface area contributed by atoms with Gasteiger partial charge < -0.3 is 14.2 Å². The number of esters is 3. The van der Waals surface area contributed by atoms with Crippen molar-refractivity contribution in [2.75, 3.05) is 30.6 Å². The summed E-state index contributed by atoms with van der Waals surface area (Å²) >= 11 is 0. The van der Waals surface area contributed by atoms with Gasteiger partial charge in [-0.3, -0.25) is 29.0 Å². The second-order valence-electron chi connectivity index (χ2n) is 11.7. The van der Waals surface area contributed by atoms with Crippen LogP contribution in [0.3, 0.4) is 0 Å². The van der Waals surface area contributed by atoms with Crippen molar-refractivity contribution in [3.63, 3.8) is 0 Å². The molecule has 2 saturated heterocycles. The van der Waals surface area contributed by atoms with Crippen LogP contribution in [0.1, 0.15) is 41.5 Å². The molecule has 5 aliphatic rings. The number of hydrogen-bond acceptors (Lipinski definition) is 10. The molecule has 7 rings (SSSR count). The molecular weight excluding hydrogens is 584 g/mol. The van der Waals surface area contributed by atoms with Crippen molar-refractivity contribution in [1.82, 2.24) is 0 Å². The standard InChI is InChI=1S/C33H30N2O10/c1-6-45-32(42)23-15(2)20-21-24(28(38)34(26(21)36)18-11-7-16(8-12-18)30(40)43-4)33(23,3)25-22(20)27(37)35(29(25)39)19-13-9-17(10-14-19)31(41)44-5/h7-14,20-22,24-25H,6H2,1-5H3/t20?,21-,22-,24-,25-,33?/m1/s1. The Labute approximate surface area is 257 Å². The SMILES string of the molecule is CCOC(=O)C1=C(C)C2[C@H]3C(=O)N(c4ccc(C(=O)OC)cc4)C(=O)[C@@H]3C1(C)[C@H]1C(=O)N(c3ccc(C(=O)OC)cc3)C(=O)[C@H]21. The van der Waals surface area contributed by atoms with E-state index in [4.69, 9.17) is 14.2 Å². The number of hydrogen-bond donors (Lipinski definition) is 0. The molecule has 0 N–H and O–H groups in total. The lowest BCUT2D eigenvalue weighted by Gasteiger charge is -2.55. The molecule has 4 atom stereocenters. The molecule has 232 valence electrons. The highest BCUT2D eigenvalue weighted by Crippen LogP contribution is 2.68. The highest BCUT2D eigenvalue weighted by atomic mass is 16.5. The van der Waals surface area contributed by atoms with Gasteiger partial charge in [0.1, 0.15) is 0 Å². The number of carbonyl (C=O) groups is 7. The summed E-state index contributed by atoms with van der Waals surface area (Å²) in [6.45, 7) is 4.92. The minimum Gasteiger partial charge on any atom is -0.465 e. The monoisotopic (exact) mass is 614 g/mol. The molecule has 2 aliphatic heterocycles. The first-order valence-electron chi connectivity index (χ1n) is 14.4. The number of imide groups is 2. The van der Waals surface area contributed by atoms with Crippen LogP contribution in [0.25, 0.3) is 0 Å². The summed E-state index contributed by atoms with van der Waals surface area (Å²) in [5.74, 6) is -9.51. The number of carbonyl (C=O) groups excluding carboxylic acids is 7. The fraction of sp³-hybridized carbons (Fsp3) is 0.364. The molecule has 1 saturated carbocycles. The van der Waals surface area contributed by atoms with Crippen molar-refractivity contribution >= 4 is 52.9 Å². The molecule has 2 heterocycles. The maximum absolute atomic E-state index is 14.3. The molecule has 0 unspecified atom stereocenters. The summed E-state index contributed by atoms with van der Waals surface area (Å²) in [4.78, 5) is 96.4. The normalized spacial score (nSPS) is 28.3. The number of allylic oxidation sites excluding steroid dienone is 1. The fourth-order valence-corrected chi connectivity index (χ4v) is 8.05. The molecule has 2 aromatic rings. The summed E-state index contributed by atoms with van der Waals surface area (Å²) in [6, 6.07) is 11.5. The van der Waals surface area contributed by atoms with E-state index < -0.39 is 76.5 Å². The van der Waals surface area contributed by atoms with Crippen LogP contribution in [-0.4, -0.2) is 62.4 Å². The fourth-order valence-electron chi connectivity index (χ4n) is 8.05. The Morgan fingerprint density at radius 2 is 1.07 bits per heavy atom. The first-order valence-corrected chi connectivity index (χ1v) is 14.4. The molecular formula is C33H30N2O10. The van der Waals surface area contributed by atoms with Crippen molar-refractivity contribution < 1.29 is 47.8 Å². The molecule has 2 aromatic carbocycles. The number of methoxy groups -OCH3 is 2. The molecule has 0 aromatic heterocycles. The molecule has 0 radical (unpaired) electrons. The summed E-state index contributed by atoms with van der Waals surface area (Å²) in [6.07, 6.45) is 0. The van der Waals surface area contributed by atoms with Crippen LogP contribution in [0.2, 0.25) is 0 Å². The van der Waals surface area contributed by atoms with Crippen LogP contribution in [0.5, 0.6) is 0 Å². The minimum atomic E-state index is -1.57. The zero-order chi connectivity index (χ0) is 32.5. The van der Waals surface area contributed by atoms with E-state index in [-0.39, 0.29) is 34.7 Å². The predicted octanol–water partition coefficient (Wildman–Crippen LogP) is 2.70. The minimum absolute atomic E-state index is 0.0373. The number of ether oxygens (including phenoxy) is 3. The first-order chi connectivity index (χ1) is 21.4. The van der Waals surface area contributed by atoms with Gasteiger partial charge in [-0.25, -0.2) is 14.4 Å². The van der Waals surface area contributed by atoms with Gasteiger partial charge >= 0.3 is 17.9 Å². The van der Waals surface area contributed by atoms with Crippen LogP contribution in [0.4, 0.5) is 11.4 Å². The Morgan fingerprint density at radius 3 is 1.42 bits per heavy atom. The zero-order valence-corrected chi connectivity index (χ0v) is 25.2. The highest BCUT2D eigenvalue weighted by molar-refractivity contribution is 6.27. The third kappa shape index (κ3) is 3.94. The second-order valence-corrected chi connectivity index (χ2v) is 11.7. The van der Waals surface area contributed by atoms with Gasteiger partial charge in [0.05, 0.1) is 67.0 Å². The van der Waals surface area contributed by atoms with Crippen LogP contribution in [0, 0.1) is 35.0 Å². The third-order valence-electron chi connectivity index (χ3n) is 9.77.